The molecule has 3 N–H and O–H groups in total. The summed E-state index contributed by atoms with van der Waals surface area (Å²) in [7, 11) is 0. The molecule has 1 aliphatic rings. The molecule has 0 spiro atoms. The number of aromatic amines is 3. The third-order valence-corrected chi connectivity index (χ3v) is 8.85. The number of hydrogen-bond donors (Lipinski definition) is 3. The molecule has 3 aromatic carbocycles. The fourth-order valence-corrected chi connectivity index (χ4v) is 6.61. The van der Waals surface area contributed by atoms with Gasteiger partial charge in [0.05, 0.1) is 48.4 Å². The number of nitrogens with zero attached hydrogens (tertiary/aromatic N) is 4. The van der Waals surface area contributed by atoms with Crippen molar-refractivity contribution in [1.82, 2.24) is 19.9 Å². The maximum atomic E-state index is 14.9. The number of nitrogens with one attached hydrogen (secondary N) is 3. The summed E-state index contributed by atoms with van der Waals surface area (Å²) in [6.07, 6.45) is 3.17. The minimum absolute atomic E-state index is 0.0630. The number of aromatic nitrogens is 4. The number of benzene rings is 3. The van der Waals surface area contributed by atoms with Crippen LogP contribution in [-0.4, -0.2) is 34.7 Å². The van der Waals surface area contributed by atoms with E-state index in [0.717, 1.165) is 54.6 Å². The molecular formula is C37H20F3N7O6. The topological polar surface area (TPSA) is 190 Å². The van der Waals surface area contributed by atoms with Gasteiger partial charge in [0.25, 0.3) is 17.1 Å². The molecule has 13 nitrogen and oxygen atoms in total. The smallest absolute Gasteiger partial charge is 0.277 e. The van der Waals surface area contributed by atoms with Gasteiger partial charge in [-0.15, -0.1) is 0 Å². The molecular weight excluding hydrogens is 695 g/mol. The summed E-state index contributed by atoms with van der Waals surface area (Å²) in [6.45, 7) is 0. The van der Waals surface area contributed by atoms with Gasteiger partial charge in [0.1, 0.15) is 17.5 Å². The monoisotopic (exact) mass is 715 g/mol. The lowest BCUT2D eigenvalue weighted by molar-refractivity contribution is -0.384. The molecule has 260 valence electrons. The number of fused-ring (bicyclic) bond motifs is 9. The summed E-state index contributed by atoms with van der Waals surface area (Å²) in [5.41, 5.74) is 0.565. The van der Waals surface area contributed by atoms with Crippen LogP contribution in [0.4, 0.5) is 30.2 Å². The highest BCUT2D eigenvalue weighted by molar-refractivity contribution is 6.03. The predicted octanol–water partition coefficient (Wildman–Crippen LogP) is 9.84. The summed E-state index contributed by atoms with van der Waals surface area (Å²) >= 11 is 0. The lowest BCUT2D eigenvalue weighted by Gasteiger charge is -2.07. The Hall–Kier alpha value is -7.62. The SMILES string of the molecule is O=[N+]([O-])c1ccc(F)cc1-c1c2nc(c3ccc([nH]3)c(-c3cc(F)ccc3[N+](=O)[O-])c3ccc([nH]3)c(-c3cc(F)ccc3[N+](=O)[O-])c3ccc1[nH]3)C=C2. The van der Waals surface area contributed by atoms with E-state index in [9.17, 15) is 43.5 Å². The predicted molar refractivity (Wildman–Crippen MR) is 191 cm³/mol. The number of nitro benzene ring substituents is 3. The quantitative estimate of drug-likeness (QED) is 0.113. The van der Waals surface area contributed by atoms with E-state index in [1.165, 1.54) is 24.3 Å². The van der Waals surface area contributed by atoms with Crippen molar-refractivity contribution in [2.45, 2.75) is 0 Å². The Bertz CT molecular complexity index is 2890. The first-order chi connectivity index (χ1) is 25.5. The van der Waals surface area contributed by atoms with Gasteiger partial charge in [0.15, 0.2) is 0 Å². The van der Waals surface area contributed by atoms with E-state index in [1.807, 2.05) is 0 Å². The third kappa shape index (κ3) is 5.59. The van der Waals surface area contributed by atoms with E-state index in [-0.39, 0.29) is 66.7 Å². The largest absolute Gasteiger partial charge is 0.354 e. The van der Waals surface area contributed by atoms with Crippen LogP contribution < -0.4 is 0 Å². The molecule has 5 heterocycles. The van der Waals surface area contributed by atoms with Gasteiger partial charge in [-0.05, 0) is 84.9 Å². The second-order valence-electron chi connectivity index (χ2n) is 12.0. The highest BCUT2D eigenvalue weighted by Gasteiger charge is 2.25. The fraction of sp³-hybridized carbons (Fsp3) is 0. The molecule has 16 heteroatoms. The Balaban J connectivity index is 1.62. The Morgan fingerprint density at radius 3 is 1.15 bits per heavy atom. The van der Waals surface area contributed by atoms with Crippen molar-refractivity contribution in [2.24, 2.45) is 0 Å². The fourth-order valence-electron chi connectivity index (χ4n) is 6.61. The Morgan fingerprint density at radius 2 is 0.755 bits per heavy atom. The van der Waals surface area contributed by atoms with Gasteiger partial charge in [-0.1, -0.05) is 0 Å². The van der Waals surface area contributed by atoms with Crippen LogP contribution in [0.2, 0.25) is 0 Å². The van der Waals surface area contributed by atoms with E-state index in [0.29, 0.717) is 11.2 Å². The Labute approximate surface area is 293 Å². The van der Waals surface area contributed by atoms with Crippen LogP contribution >= 0.6 is 0 Å². The molecule has 8 bridgehead atoms. The number of halogens is 3. The van der Waals surface area contributed by atoms with Crippen molar-refractivity contribution in [3.63, 3.8) is 0 Å². The summed E-state index contributed by atoms with van der Waals surface area (Å²) in [6, 6.07) is 18.2. The average molecular weight is 716 g/mol. The van der Waals surface area contributed by atoms with Crippen molar-refractivity contribution in [2.75, 3.05) is 0 Å². The van der Waals surface area contributed by atoms with Gasteiger partial charge in [-0.2, -0.15) is 0 Å². The molecule has 0 amide bonds. The summed E-state index contributed by atoms with van der Waals surface area (Å²) in [5, 5.41) is 36.7. The van der Waals surface area contributed by atoms with Gasteiger partial charge in [-0.25, -0.2) is 18.2 Å². The van der Waals surface area contributed by atoms with E-state index in [4.69, 9.17) is 4.98 Å². The minimum atomic E-state index is -0.801. The van der Waals surface area contributed by atoms with Gasteiger partial charge >= 0.3 is 0 Å². The summed E-state index contributed by atoms with van der Waals surface area (Å²) in [5.74, 6) is -2.33. The Morgan fingerprint density at radius 1 is 0.434 bits per heavy atom. The van der Waals surface area contributed by atoms with Crippen LogP contribution in [0.5, 0.6) is 0 Å². The zero-order valence-corrected chi connectivity index (χ0v) is 26.7. The van der Waals surface area contributed by atoms with E-state index < -0.39 is 49.3 Å². The van der Waals surface area contributed by atoms with Crippen LogP contribution in [0.3, 0.4) is 0 Å². The number of hydrogen-bond acceptors (Lipinski definition) is 7. The number of rotatable bonds is 6. The molecule has 53 heavy (non-hydrogen) atoms. The standard InChI is InChI=1S/C37H20F3N7O6/c38-18-1-12-32(45(48)49)21(15-18)35-26-6-4-24(41-26)25-5-7-27(42-25)36(22-16-19(39)2-13-33(22)46(50)51)29-9-11-31(44-29)37(30-10-8-28(35)43-30)23-17-20(40)3-14-34(23)47(52)53/h1-17,41,43-44H. The molecule has 0 saturated carbocycles. The van der Waals surface area contributed by atoms with Gasteiger partial charge in [0.2, 0.25) is 0 Å². The van der Waals surface area contributed by atoms with Gasteiger partial charge in [0, 0.05) is 62.5 Å². The molecule has 0 saturated heterocycles. The molecule has 0 aliphatic carbocycles. The van der Waals surface area contributed by atoms with Crippen molar-refractivity contribution in [1.29, 1.82) is 0 Å². The average Bonchev–Trinajstić information content (AvgIpc) is 3.94. The summed E-state index contributed by atoms with van der Waals surface area (Å²) in [4.78, 5) is 48.9. The van der Waals surface area contributed by atoms with Crippen molar-refractivity contribution in [3.05, 3.63) is 150 Å². The second kappa shape index (κ2) is 12.3. The zero-order valence-electron chi connectivity index (χ0n) is 26.7. The van der Waals surface area contributed by atoms with Crippen LogP contribution in [-0.2, 0) is 0 Å². The molecule has 0 radical (unpaired) electrons. The van der Waals surface area contributed by atoms with Crippen LogP contribution in [0.15, 0.2) is 91.0 Å². The van der Waals surface area contributed by atoms with E-state index >= 15 is 0 Å². The van der Waals surface area contributed by atoms with Crippen LogP contribution in [0, 0.1) is 47.8 Å². The lowest BCUT2D eigenvalue weighted by atomic mass is 10.0. The summed E-state index contributed by atoms with van der Waals surface area (Å²) < 4.78 is 44.6. The normalized spacial score (nSPS) is 11.7. The van der Waals surface area contributed by atoms with Gasteiger partial charge in [-0.3, -0.25) is 30.3 Å². The van der Waals surface area contributed by atoms with Crippen molar-refractivity contribution in [3.8, 4) is 33.4 Å². The van der Waals surface area contributed by atoms with Crippen LogP contribution in [0.1, 0.15) is 11.4 Å². The zero-order chi connectivity index (χ0) is 37.1. The first kappa shape index (κ1) is 32.6. The maximum Gasteiger partial charge on any atom is 0.277 e. The highest BCUT2D eigenvalue weighted by atomic mass is 19.1. The molecule has 8 rings (SSSR count). The van der Waals surface area contributed by atoms with Crippen molar-refractivity contribution < 1.29 is 27.9 Å². The lowest BCUT2D eigenvalue weighted by Crippen LogP contribution is -1.95. The Kier molecular flexibility index (Phi) is 7.56. The molecule has 1 aliphatic heterocycles. The van der Waals surface area contributed by atoms with Crippen LogP contribution in [0.25, 0.3) is 78.6 Å². The van der Waals surface area contributed by atoms with E-state index in [1.54, 1.807) is 24.3 Å². The molecule has 7 aromatic rings. The second-order valence-corrected chi connectivity index (χ2v) is 12.0. The third-order valence-electron chi connectivity index (χ3n) is 8.85. The first-order valence-corrected chi connectivity index (χ1v) is 15.6. The van der Waals surface area contributed by atoms with Gasteiger partial charge < -0.3 is 15.0 Å². The van der Waals surface area contributed by atoms with E-state index in [2.05, 4.69) is 15.0 Å². The first-order valence-electron chi connectivity index (χ1n) is 15.6. The molecule has 0 fully saturated rings. The molecule has 0 unspecified atom stereocenters. The highest BCUT2D eigenvalue weighted by Crippen LogP contribution is 2.41. The minimum Gasteiger partial charge on any atom is -0.354 e. The molecule has 4 aromatic heterocycles. The molecule has 0 atom stereocenters. The number of H-pyrrole nitrogens is 3. The maximum absolute atomic E-state index is 14.9. The van der Waals surface area contributed by atoms with Crippen molar-refractivity contribution >= 4 is 62.3 Å². The number of nitro groups is 3.